The smallest absolute Gasteiger partial charge is 0.319 e. The summed E-state index contributed by atoms with van der Waals surface area (Å²) < 4.78 is 47.6. The topological polar surface area (TPSA) is 260 Å². The first-order valence-corrected chi connectivity index (χ1v) is 29.1. The number of carbonyl (C=O) groups excluding carboxylic acids is 5. The third kappa shape index (κ3) is 19.1. The molecule has 0 spiro atoms. The number of urea groups is 1. The Bertz CT molecular complexity index is 3330. The number of methoxy groups -OCH3 is 1. The summed E-state index contributed by atoms with van der Waals surface area (Å²) in [7, 11) is 7.59. The molecular formula is C62H76ClN11O13. The van der Waals surface area contributed by atoms with E-state index in [9.17, 15) is 24.0 Å². The Morgan fingerprint density at radius 1 is 0.782 bits per heavy atom. The molecule has 2 aromatic heterocycles. The molecule has 4 aromatic carbocycles. The van der Waals surface area contributed by atoms with Gasteiger partial charge in [-0.05, 0) is 67.1 Å². The summed E-state index contributed by atoms with van der Waals surface area (Å²) in [5.74, 6) is -0.0431. The van der Waals surface area contributed by atoms with Crippen LogP contribution in [0.5, 0.6) is 11.5 Å². The minimum absolute atomic E-state index is 0.178. The fourth-order valence-corrected chi connectivity index (χ4v) is 9.90. The average molecular weight is 1220 g/mol. The zero-order chi connectivity index (χ0) is 61.5. The van der Waals surface area contributed by atoms with Crippen molar-refractivity contribution in [2.75, 3.05) is 148 Å². The molecule has 2 aliphatic rings. The van der Waals surface area contributed by atoms with E-state index in [2.05, 4.69) is 70.8 Å². The van der Waals surface area contributed by atoms with Crippen molar-refractivity contribution in [1.82, 2.24) is 35.0 Å². The molecule has 0 aliphatic carbocycles. The van der Waals surface area contributed by atoms with E-state index in [1.807, 2.05) is 57.5 Å². The number of ether oxygens (including phenoxy) is 8. The molecule has 24 nitrogen and oxygen atoms in total. The highest BCUT2D eigenvalue weighted by Gasteiger charge is 2.39. The summed E-state index contributed by atoms with van der Waals surface area (Å²) in [5.41, 5.74) is 7.20. The van der Waals surface area contributed by atoms with Crippen molar-refractivity contribution in [3.05, 3.63) is 126 Å². The van der Waals surface area contributed by atoms with Crippen molar-refractivity contribution < 1.29 is 61.9 Å². The number of nitrogens with one attached hydrogen (secondary N) is 5. The van der Waals surface area contributed by atoms with Gasteiger partial charge in [-0.3, -0.25) is 24.5 Å². The normalized spacial score (nSPS) is 13.8. The van der Waals surface area contributed by atoms with Crippen molar-refractivity contribution in [3.8, 4) is 22.8 Å². The molecule has 8 rings (SSSR count). The summed E-state index contributed by atoms with van der Waals surface area (Å²) >= 11 is 6.31. The lowest BCUT2D eigenvalue weighted by atomic mass is 10.0. The number of nitrogens with zero attached hydrogens (tertiary/aromatic N) is 6. The highest BCUT2D eigenvalue weighted by Crippen LogP contribution is 2.39. The van der Waals surface area contributed by atoms with Gasteiger partial charge in [0.2, 0.25) is 23.7 Å². The molecule has 25 heteroatoms. The van der Waals surface area contributed by atoms with Crippen molar-refractivity contribution in [2.45, 2.75) is 32.0 Å². The average Bonchev–Trinajstić information content (AvgIpc) is 2.20. The Kier molecular flexibility index (Phi) is 24.6. The van der Waals surface area contributed by atoms with Crippen molar-refractivity contribution in [2.24, 2.45) is 7.05 Å². The van der Waals surface area contributed by atoms with Crippen LogP contribution in [-0.2, 0) is 62.9 Å². The number of amides is 6. The molecular weight excluding hydrogens is 1140 g/mol. The van der Waals surface area contributed by atoms with Crippen LogP contribution in [0.1, 0.15) is 34.3 Å². The molecule has 0 bridgehead atoms. The molecule has 4 heterocycles. The monoisotopic (exact) mass is 1220 g/mol. The zero-order valence-corrected chi connectivity index (χ0v) is 50.3. The Balaban J connectivity index is 0.606. The van der Waals surface area contributed by atoms with E-state index >= 15 is 0 Å². The fourth-order valence-electron chi connectivity index (χ4n) is 9.68. The van der Waals surface area contributed by atoms with Crippen molar-refractivity contribution >= 4 is 80.9 Å². The van der Waals surface area contributed by atoms with E-state index in [1.54, 1.807) is 43.6 Å². The highest BCUT2D eigenvalue weighted by atomic mass is 35.5. The van der Waals surface area contributed by atoms with Crippen molar-refractivity contribution in [3.63, 3.8) is 0 Å². The number of para-hydroxylation sites is 1. The number of fused-ring (bicyclic) bond motifs is 2. The first-order valence-electron chi connectivity index (χ1n) is 28.7. The molecule has 6 aromatic rings. The van der Waals surface area contributed by atoms with Gasteiger partial charge >= 0.3 is 6.03 Å². The van der Waals surface area contributed by atoms with Gasteiger partial charge in [0.1, 0.15) is 24.1 Å². The van der Waals surface area contributed by atoms with Gasteiger partial charge in [0, 0.05) is 111 Å². The summed E-state index contributed by atoms with van der Waals surface area (Å²) in [6.07, 6.45) is 5.46. The van der Waals surface area contributed by atoms with Gasteiger partial charge in [0.25, 0.3) is 5.91 Å². The number of anilines is 5. The van der Waals surface area contributed by atoms with E-state index < -0.39 is 18.0 Å². The fraction of sp³-hybridized carbons (Fsp3) is 0.403. The number of halogens is 1. The third-order valence-electron chi connectivity index (χ3n) is 14.2. The molecule has 0 saturated carbocycles. The SMILES string of the molecule is C=CC(=O)Nc1cc(Nc2nccc(-c3cn(C)c4ccccc34)n2)c(OC)cc1N(C)CCN(C)CCOCCOCCOCCOCCOCCOCCOc1cc(Cl)cc(NC(=O)NCc2ccc3c(c2)CN(C2CCC(=O)NC2=O)C3=O)c1. The van der Waals surface area contributed by atoms with Gasteiger partial charge < -0.3 is 78.4 Å². The lowest BCUT2D eigenvalue weighted by Crippen LogP contribution is -2.52. The van der Waals surface area contributed by atoms with Crippen LogP contribution in [0.25, 0.3) is 22.2 Å². The summed E-state index contributed by atoms with van der Waals surface area (Å²) in [5, 5.41) is 15.6. The first kappa shape index (κ1) is 64.8. The number of likely N-dealkylation sites (N-methyl/N-ethyl adjacent to an activating group) is 2. The van der Waals surface area contributed by atoms with Gasteiger partial charge in [-0.2, -0.15) is 0 Å². The Labute approximate surface area is 510 Å². The Morgan fingerprint density at radius 3 is 2.16 bits per heavy atom. The van der Waals surface area contributed by atoms with Crippen LogP contribution >= 0.6 is 11.6 Å². The number of aryl methyl sites for hydroxylation is 1. The van der Waals surface area contributed by atoms with Crippen LogP contribution in [0.15, 0.2) is 104 Å². The number of rotatable bonds is 36. The molecule has 5 N–H and O–H groups in total. The number of carbonyl (C=O) groups is 5. The number of hydrogen-bond acceptors (Lipinski definition) is 18. The minimum atomic E-state index is -0.701. The van der Waals surface area contributed by atoms with Crippen molar-refractivity contribution in [1.29, 1.82) is 0 Å². The minimum Gasteiger partial charge on any atom is -0.494 e. The summed E-state index contributed by atoms with van der Waals surface area (Å²) in [6, 6.07) is 22.7. The maximum Gasteiger partial charge on any atom is 0.319 e. The molecule has 0 radical (unpaired) electrons. The molecule has 1 unspecified atom stereocenters. The van der Waals surface area contributed by atoms with Crippen LogP contribution in [0, 0.1) is 0 Å². The van der Waals surface area contributed by atoms with E-state index in [0.29, 0.717) is 137 Å². The predicted molar refractivity (Wildman–Crippen MR) is 330 cm³/mol. The van der Waals surface area contributed by atoms with Crippen LogP contribution in [0.4, 0.5) is 33.5 Å². The molecule has 464 valence electrons. The maximum absolute atomic E-state index is 13.0. The van der Waals surface area contributed by atoms with Crippen LogP contribution < -0.4 is 41.0 Å². The second-order valence-corrected chi connectivity index (χ2v) is 20.9. The summed E-state index contributed by atoms with van der Waals surface area (Å²) in [6.45, 7) is 11.4. The highest BCUT2D eigenvalue weighted by molar-refractivity contribution is 6.31. The lowest BCUT2D eigenvalue weighted by molar-refractivity contribution is -0.137. The Hall–Kier alpha value is -8.20. The van der Waals surface area contributed by atoms with E-state index in [-0.39, 0.29) is 50.3 Å². The van der Waals surface area contributed by atoms with Gasteiger partial charge in [-0.25, -0.2) is 14.8 Å². The van der Waals surface area contributed by atoms with E-state index in [0.717, 1.165) is 45.5 Å². The summed E-state index contributed by atoms with van der Waals surface area (Å²) in [4.78, 5) is 77.4. The Morgan fingerprint density at radius 2 is 1.47 bits per heavy atom. The molecule has 87 heavy (non-hydrogen) atoms. The first-order chi connectivity index (χ1) is 42.3. The number of imide groups is 1. The number of benzene rings is 4. The molecule has 1 fully saturated rings. The number of aromatic nitrogens is 3. The van der Waals surface area contributed by atoms with Gasteiger partial charge in [-0.15, -0.1) is 0 Å². The molecule has 1 saturated heterocycles. The van der Waals surface area contributed by atoms with Crippen LogP contribution in [0.3, 0.4) is 0 Å². The molecule has 1 atom stereocenters. The van der Waals surface area contributed by atoms with Gasteiger partial charge in [0.15, 0.2) is 0 Å². The van der Waals surface area contributed by atoms with E-state index in [1.165, 1.54) is 11.0 Å². The van der Waals surface area contributed by atoms with Gasteiger partial charge in [-0.1, -0.05) is 48.5 Å². The third-order valence-corrected chi connectivity index (χ3v) is 14.4. The van der Waals surface area contributed by atoms with Crippen LogP contribution in [-0.4, -0.2) is 187 Å². The second-order valence-electron chi connectivity index (χ2n) is 20.4. The second kappa shape index (κ2) is 33.1. The van der Waals surface area contributed by atoms with Gasteiger partial charge in [0.05, 0.1) is 109 Å². The lowest BCUT2D eigenvalue weighted by Gasteiger charge is -2.29. The van der Waals surface area contributed by atoms with E-state index in [4.69, 9.17) is 54.5 Å². The predicted octanol–water partition coefficient (Wildman–Crippen LogP) is 6.79. The maximum atomic E-state index is 13.0. The largest absolute Gasteiger partial charge is 0.494 e. The standard InChI is InChI=1S/C62H76ClN11O13/c1-6-57(75)67-51-37-52(69-61-64-16-15-50(68-61)49-41-73(4)53-10-8-7-9-48(49)53)56(80-5)38-55(51)72(3)18-17-71(2)19-20-81-21-22-82-23-24-83-25-26-84-27-28-85-29-30-86-31-32-87-46-35-44(63)34-45(36-46)66-62(79)65-39-42-11-12-47-43(33-42)40-74(60(47)78)54-13-14-58(76)70-59(54)77/h6-12,15-16,33-38,41,54H,1,13-14,17-32,39-40H2,2-5H3,(H,67,75)(H,64,68,69)(H2,65,66,79)(H,70,76,77). The number of piperidine rings is 1. The number of hydrogen-bond donors (Lipinski definition) is 5. The zero-order valence-electron chi connectivity index (χ0n) is 49.5. The van der Waals surface area contributed by atoms with Crippen LogP contribution in [0.2, 0.25) is 5.02 Å². The molecule has 6 amide bonds. The molecule has 2 aliphatic heterocycles. The quantitative estimate of drug-likeness (QED) is 0.0154.